The average molecular weight is 395 g/mol. The first-order valence-corrected chi connectivity index (χ1v) is 9.83. The van der Waals surface area contributed by atoms with Crippen molar-refractivity contribution < 1.29 is 19.1 Å². The first-order chi connectivity index (χ1) is 14.0. The Balaban J connectivity index is 1.84. The zero-order chi connectivity index (χ0) is 20.8. The van der Waals surface area contributed by atoms with Gasteiger partial charge in [-0.15, -0.1) is 0 Å². The minimum Gasteiger partial charge on any atom is -0.494 e. The van der Waals surface area contributed by atoms with Crippen LogP contribution in [0, 0.1) is 0 Å². The first kappa shape index (κ1) is 20.5. The summed E-state index contributed by atoms with van der Waals surface area (Å²) in [5, 5.41) is 0. The lowest BCUT2D eigenvalue weighted by Crippen LogP contribution is -2.45. The number of hydrogen-bond donors (Lipinski definition) is 0. The summed E-state index contributed by atoms with van der Waals surface area (Å²) in [6, 6.07) is 9.64. The Morgan fingerprint density at radius 3 is 2.59 bits per heavy atom. The van der Waals surface area contributed by atoms with Crippen LogP contribution in [0.4, 0.5) is 5.69 Å². The van der Waals surface area contributed by atoms with E-state index in [1.54, 1.807) is 42.7 Å². The zero-order valence-corrected chi connectivity index (χ0v) is 16.7. The van der Waals surface area contributed by atoms with Crippen LogP contribution in [0.2, 0.25) is 0 Å². The molecule has 0 bridgehead atoms. The van der Waals surface area contributed by atoms with Crippen molar-refractivity contribution in [2.75, 3.05) is 11.5 Å². The van der Waals surface area contributed by atoms with Crippen molar-refractivity contribution in [3.63, 3.8) is 0 Å². The molecule has 1 aromatic carbocycles. The predicted octanol–water partition coefficient (Wildman–Crippen LogP) is 2.94. The second-order valence-electron chi connectivity index (χ2n) is 6.85. The largest absolute Gasteiger partial charge is 0.494 e. The van der Waals surface area contributed by atoms with Gasteiger partial charge in [-0.1, -0.05) is 13.0 Å². The third kappa shape index (κ3) is 4.62. The highest BCUT2D eigenvalue weighted by Crippen LogP contribution is 2.28. The Morgan fingerprint density at radius 1 is 1.21 bits per heavy atom. The van der Waals surface area contributed by atoms with Crippen molar-refractivity contribution in [2.45, 2.75) is 45.7 Å². The summed E-state index contributed by atoms with van der Waals surface area (Å²) in [6.07, 6.45) is 4.28. The summed E-state index contributed by atoms with van der Waals surface area (Å²) in [7, 11) is 0. The van der Waals surface area contributed by atoms with E-state index >= 15 is 0 Å². The Morgan fingerprint density at radius 2 is 1.97 bits per heavy atom. The summed E-state index contributed by atoms with van der Waals surface area (Å²) in [6.45, 7) is 4.57. The van der Waals surface area contributed by atoms with Gasteiger partial charge in [0, 0.05) is 25.4 Å². The number of anilines is 1. The SMILES string of the molecule is CCCC(=O)N(Cc1cccnc1)C1CC(=O)N(c2ccc(OCC)cc2)C1=O. The highest BCUT2D eigenvalue weighted by molar-refractivity contribution is 6.23. The third-order valence-electron chi connectivity index (χ3n) is 4.76. The summed E-state index contributed by atoms with van der Waals surface area (Å²) in [4.78, 5) is 45.3. The molecule has 0 radical (unpaired) electrons. The van der Waals surface area contributed by atoms with Crippen LogP contribution in [-0.4, -0.2) is 40.3 Å². The normalized spacial score (nSPS) is 16.2. The molecule has 1 atom stereocenters. The number of nitrogens with zero attached hydrogens (tertiary/aromatic N) is 3. The number of imide groups is 1. The van der Waals surface area contributed by atoms with Gasteiger partial charge in [-0.3, -0.25) is 19.4 Å². The Hall–Kier alpha value is -3.22. The number of ether oxygens (including phenoxy) is 1. The predicted molar refractivity (Wildman–Crippen MR) is 108 cm³/mol. The summed E-state index contributed by atoms with van der Waals surface area (Å²) < 4.78 is 5.41. The van der Waals surface area contributed by atoms with Gasteiger partial charge in [0.2, 0.25) is 11.8 Å². The molecule has 1 aromatic heterocycles. The van der Waals surface area contributed by atoms with E-state index in [4.69, 9.17) is 4.74 Å². The van der Waals surface area contributed by atoms with Gasteiger partial charge in [-0.2, -0.15) is 0 Å². The first-order valence-electron chi connectivity index (χ1n) is 9.83. The van der Waals surface area contributed by atoms with Crippen molar-refractivity contribution in [3.05, 3.63) is 54.4 Å². The maximum Gasteiger partial charge on any atom is 0.257 e. The van der Waals surface area contributed by atoms with Gasteiger partial charge in [0.15, 0.2) is 0 Å². The van der Waals surface area contributed by atoms with Crippen molar-refractivity contribution in [3.8, 4) is 5.75 Å². The molecule has 1 unspecified atom stereocenters. The number of hydrogen-bond acceptors (Lipinski definition) is 5. The van der Waals surface area contributed by atoms with Gasteiger partial charge >= 0.3 is 0 Å². The number of pyridine rings is 1. The summed E-state index contributed by atoms with van der Waals surface area (Å²) in [5.74, 6) is -0.170. The maximum absolute atomic E-state index is 13.1. The van der Waals surface area contributed by atoms with E-state index in [2.05, 4.69) is 4.98 Å². The van der Waals surface area contributed by atoms with Crippen LogP contribution >= 0.6 is 0 Å². The van der Waals surface area contributed by atoms with E-state index in [9.17, 15) is 14.4 Å². The van der Waals surface area contributed by atoms with Gasteiger partial charge in [-0.25, -0.2) is 4.90 Å². The summed E-state index contributed by atoms with van der Waals surface area (Å²) >= 11 is 0. The van der Waals surface area contributed by atoms with Gasteiger partial charge in [-0.05, 0) is 49.2 Å². The molecular weight excluding hydrogens is 370 g/mol. The van der Waals surface area contributed by atoms with Crippen LogP contribution in [0.25, 0.3) is 0 Å². The van der Waals surface area contributed by atoms with Gasteiger partial charge < -0.3 is 9.64 Å². The fraction of sp³-hybridized carbons (Fsp3) is 0.364. The molecule has 7 nitrogen and oxygen atoms in total. The lowest BCUT2D eigenvalue weighted by Gasteiger charge is -2.27. The molecule has 1 saturated heterocycles. The van der Waals surface area contributed by atoms with Crippen molar-refractivity contribution in [1.82, 2.24) is 9.88 Å². The van der Waals surface area contributed by atoms with Gasteiger partial charge in [0.25, 0.3) is 5.91 Å². The van der Waals surface area contributed by atoms with Crippen LogP contribution in [-0.2, 0) is 20.9 Å². The Kier molecular flexibility index (Phi) is 6.59. The molecule has 3 rings (SSSR count). The fourth-order valence-electron chi connectivity index (χ4n) is 3.41. The minimum atomic E-state index is -0.812. The molecule has 0 aliphatic carbocycles. The van der Waals surface area contributed by atoms with E-state index in [0.29, 0.717) is 30.9 Å². The number of rotatable bonds is 8. The molecule has 29 heavy (non-hydrogen) atoms. The monoisotopic (exact) mass is 395 g/mol. The lowest BCUT2D eigenvalue weighted by atomic mass is 10.1. The average Bonchev–Trinajstić information content (AvgIpc) is 3.02. The van der Waals surface area contributed by atoms with Gasteiger partial charge in [0.1, 0.15) is 11.8 Å². The van der Waals surface area contributed by atoms with Crippen LogP contribution < -0.4 is 9.64 Å². The highest BCUT2D eigenvalue weighted by atomic mass is 16.5. The quantitative estimate of drug-likeness (QED) is 0.642. The second kappa shape index (κ2) is 9.32. The van der Waals surface area contributed by atoms with Crippen molar-refractivity contribution in [1.29, 1.82) is 0 Å². The lowest BCUT2D eigenvalue weighted by molar-refractivity contribution is -0.139. The molecule has 152 valence electrons. The second-order valence-corrected chi connectivity index (χ2v) is 6.85. The number of benzene rings is 1. The van der Waals surface area contributed by atoms with Crippen molar-refractivity contribution >= 4 is 23.4 Å². The number of carbonyl (C=O) groups excluding carboxylic acids is 3. The van der Waals surface area contributed by atoms with E-state index in [-0.39, 0.29) is 30.7 Å². The number of amides is 3. The number of carbonyl (C=O) groups is 3. The van der Waals surface area contributed by atoms with E-state index in [0.717, 1.165) is 10.5 Å². The van der Waals surface area contributed by atoms with Crippen LogP contribution in [0.3, 0.4) is 0 Å². The molecule has 1 fully saturated rings. The smallest absolute Gasteiger partial charge is 0.257 e. The summed E-state index contributed by atoms with van der Waals surface area (Å²) in [5.41, 5.74) is 1.30. The fourth-order valence-corrected chi connectivity index (χ4v) is 3.41. The standard InChI is InChI=1S/C22H25N3O4/c1-3-6-20(26)24(15-16-7-5-12-23-14-16)19-13-21(27)25(22(19)28)17-8-10-18(11-9-17)29-4-2/h5,7-12,14,19H,3-4,6,13,15H2,1-2H3. The molecule has 7 heteroatoms. The topological polar surface area (TPSA) is 79.8 Å². The minimum absolute atomic E-state index is 0.0260. The Labute approximate surface area is 170 Å². The third-order valence-corrected chi connectivity index (χ3v) is 4.76. The molecule has 1 aliphatic heterocycles. The highest BCUT2D eigenvalue weighted by Gasteiger charge is 2.44. The van der Waals surface area contributed by atoms with Gasteiger partial charge in [0.05, 0.1) is 18.7 Å². The van der Waals surface area contributed by atoms with Crippen LogP contribution in [0.15, 0.2) is 48.8 Å². The zero-order valence-electron chi connectivity index (χ0n) is 16.7. The molecular formula is C22H25N3O4. The Bertz CT molecular complexity index is 867. The maximum atomic E-state index is 13.1. The molecule has 0 saturated carbocycles. The van der Waals surface area contributed by atoms with E-state index < -0.39 is 6.04 Å². The van der Waals surface area contributed by atoms with E-state index in [1.165, 1.54) is 4.90 Å². The van der Waals surface area contributed by atoms with E-state index in [1.807, 2.05) is 19.9 Å². The molecule has 1 aliphatic rings. The molecule has 3 amide bonds. The molecule has 0 N–H and O–H groups in total. The van der Waals surface area contributed by atoms with Crippen LogP contribution in [0.5, 0.6) is 5.75 Å². The molecule has 0 spiro atoms. The molecule has 2 aromatic rings. The van der Waals surface area contributed by atoms with Crippen LogP contribution in [0.1, 0.15) is 38.7 Å². The van der Waals surface area contributed by atoms with Crippen molar-refractivity contribution in [2.24, 2.45) is 0 Å². The number of aromatic nitrogens is 1. The molecule has 2 heterocycles.